The number of rotatable bonds is 3. The number of halogens is 1. The zero-order valence-corrected chi connectivity index (χ0v) is 11.2. The number of nitrogen functional groups attached to an aromatic ring is 1. The number of hydrogen-bond acceptors (Lipinski definition) is 3. The van der Waals surface area contributed by atoms with Gasteiger partial charge in [0.25, 0.3) is 5.91 Å². The number of carbonyl (C=O) groups excluding carboxylic acids is 1. The highest BCUT2D eigenvalue weighted by atomic mass is 19.1. The number of carbonyl (C=O) groups is 2. The van der Waals surface area contributed by atoms with Crippen LogP contribution in [-0.2, 0) is 0 Å². The van der Waals surface area contributed by atoms with E-state index < -0.39 is 17.7 Å². The topological polar surface area (TPSA) is 92.4 Å². The number of benzene rings is 2. The Balaban J connectivity index is 2.33. The van der Waals surface area contributed by atoms with Crippen LogP contribution in [0.5, 0.6) is 0 Å². The molecule has 0 saturated carbocycles. The van der Waals surface area contributed by atoms with Gasteiger partial charge in [-0.25, -0.2) is 9.18 Å². The van der Waals surface area contributed by atoms with Crippen molar-refractivity contribution in [2.45, 2.75) is 6.92 Å². The van der Waals surface area contributed by atoms with Crippen molar-refractivity contribution in [1.82, 2.24) is 0 Å². The second-order valence-corrected chi connectivity index (χ2v) is 4.47. The molecule has 0 fully saturated rings. The van der Waals surface area contributed by atoms with Gasteiger partial charge in [0.05, 0.1) is 11.3 Å². The lowest BCUT2D eigenvalue weighted by Crippen LogP contribution is -2.15. The third kappa shape index (κ3) is 3.00. The monoisotopic (exact) mass is 288 g/mol. The second-order valence-electron chi connectivity index (χ2n) is 4.47. The molecule has 2 aromatic rings. The minimum Gasteiger partial charge on any atom is -0.478 e. The molecule has 2 rings (SSSR count). The lowest BCUT2D eigenvalue weighted by Gasteiger charge is -2.10. The fraction of sp³-hybridized carbons (Fsp3) is 0.0667. The molecule has 0 atom stereocenters. The van der Waals surface area contributed by atoms with E-state index in [2.05, 4.69) is 5.32 Å². The number of aromatic carboxylic acids is 1. The van der Waals surface area contributed by atoms with Gasteiger partial charge >= 0.3 is 5.97 Å². The molecule has 4 N–H and O–H groups in total. The first-order valence-corrected chi connectivity index (χ1v) is 6.09. The third-order valence-electron chi connectivity index (χ3n) is 3.08. The first-order chi connectivity index (χ1) is 9.90. The van der Waals surface area contributed by atoms with E-state index >= 15 is 0 Å². The van der Waals surface area contributed by atoms with Gasteiger partial charge in [-0.3, -0.25) is 4.79 Å². The molecule has 1 amide bonds. The van der Waals surface area contributed by atoms with Gasteiger partial charge in [0.1, 0.15) is 5.82 Å². The minimum absolute atomic E-state index is 0.115. The Morgan fingerprint density at radius 3 is 2.62 bits per heavy atom. The van der Waals surface area contributed by atoms with Crippen LogP contribution in [0.1, 0.15) is 26.3 Å². The Bertz CT molecular complexity index is 729. The fourth-order valence-corrected chi connectivity index (χ4v) is 1.84. The van der Waals surface area contributed by atoms with Gasteiger partial charge in [-0.1, -0.05) is 6.07 Å². The van der Waals surface area contributed by atoms with Crippen LogP contribution in [0.15, 0.2) is 36.4 Å². The van der Waals surface area contributed by atoms with E-state index in [4.69, 9.17) is 10.8 Å². The lowest BCUT2D eigenvalue weighted by molar-refractivity contribution is 0.0696. The minimum atomic E-state index is -1.20. The van der Waals surface area contributed by atoms with Gasteiger partial charge in [-0.15, -0.1) is 0 Å². The summed E-state index contributed by atoms with van der Waals surface area (Å²) in [6.07, 6.45) is 0. The molecule has 0 spiro atoms. The van der Waals surface area contributed by atoms with E-state index in [9.17, 15) is 14.0 Å². The van der Waals surface area contributed by atoms with Crippen molar-refractivity contribution in [3.05, 3.63) is 58.9 Å². The Morgan fingerprint density at radius 1 is 1.24 bits per heavy atom. The second kappa shape index (κ2) is 5.62. The lowest BCUT2D eigenvalue weighted by atomic mass is 10.1. The highest BCUT2D eigenvalue weighted by Crippen LogP contribution is 2.20. The molecule has 0 aromatic heterocycles. The van der Waals surface area contributed by atoms with Gasteiger partial charge in [0, 0.05) is 11.3 Å². The van der Waals surface area contributed by atoms with Crippen LogP contribution in [0.25, 0.3) is 0 Å². The van der Waals surface area contributed by atoms with Crippen molar-refractivity contribution in [1.29, 1.82) is 0 Å². The smallest absolute Gasteiger partial charge is 0.335 e. The van der Waals surface area contributed by atoms with Crippen molar-refractivity contribution in [3.8, 4) is 0 Å². The molecule has 2 aromatic carbocycles. The number of hydrogen-bond donors (Lipinski definition) is 3. The van der Waals surface area contributed by atoms with E-state index in [1.165, 1.54) is 0 Å². The van der Waals surface area contributed by atoms with Crippen molar-refractivity contribution >= 4 is 23.3 Å². The van der Waals surface area contributed by atoms with Crippen LogP contribution >= 0.6 is 0 Å². The van der Waals surface area contributed by atoms with Gasteiger partial charge in [0.15, 0.2) is 0 Å². The van der Waals surface area contributed by atoms with Crippen molar-refractivity contribution in [2.75, 3.05) is 11.1 Å². The number of nitrogens with one attached hydrogen (secondary N) is 1. The number of anilines is 2. The molecule has 0 saturated heterocycles. The summed E-state index contributed by atoms with van der Waals surface area (Å²) < 4.78 is 13.7. The molecule has 0 aliphatic rings. The molecule has 6 heteroatoms. The maximum Gasteiger partial charge on any atom is 0.335 e. The summed E-state index contributed by atoms with van der Waals surface area (Å²) in [5.74, 6) is -2.47. The Labute approximate surface area is 120 Å². The molecule has 0 aliphatic carbocycles. The van der Waals surface area contributed by atoms with Crippen molar-refractivity contribution in [3.63, 3.8) is 0 Å². The Kier molecular flexibility index (Phi) is 3.89. The summed E-state index contributed by atoms with van der Waals surface area (Å²) in [7, 11) is 0. The van der Waals surface area contributed by atoms with Crippen LogP contribution in [0.3, 0.4) is 0 Å². The normalized spacial score (nSPS) is 10.2. The van der Waals surface area contributed by atoms with E-state index in [-0.39, 0.29) is 11.3 Å². The molecule has 0 bridgehead atoms. The van der Waals surface area contributed by atoms with Gasteiger partial charge in [-0.2, -0.15) is 0 Å². The molecule has 0 radical (unpaired) electrons. The zero-order valence-electron chi connectivity index (χ0n) is 11.2. The maximum absolute atomic E-state index is 13.7. The number of nitrogens with two attached hydrogens (primary N) is 1. The molecule has 0 unspecified atom stereocenters. The number of carboxylic acids is 1. The van der Waals surface area contributed by atoms with Crippen LogP contribution in [0, 0.1) is 12.7 Å². The van der Waals surface area contributed by atoms with E-state index in [0.29, 0.717) is 16.8 Å². The molecule has 5 nitrogen and oxygen atoms in total. The Morgan fingerprint density at radius 2 is 1.95 bits per heavy atom. The van der Waals surface area contributed by atoms with E-state index in [0.717, 1.165) is 18.2 Å². The highest BCUT2D eigenvalue weighted by molar-refractivity contribution is 6.06. The largest absolute Gasteiger partial charge is 0.478 e. The fourth-order valence-electron chi connectivity index (χ4n) is 1.84. The molecule has 0 heterocycles. The number of carboxylic acid groups (broad SMARTS) is 1. The first-order valence-electron chi connectivity index (χ1n) is 6.09. The molecular weight excluding hydrogens is 275 g/mol. The maximum atomic E-state index is 13.7. The van der Waals surface area contributed by atoms with Gasteiger partial charge in [-0.05, 0) is 42.8 Å². The predicted molar refractivity (Wildman–Crippen MR) is 76.9 cm³/mol. The third-order valence-corrected chi connectivity index (χ3v) is 3.08. The average molecular weight is 288 g/mol. The van der Waals surface area contributed by atoms with Crippen LogP contribution < -0.4 is 11.1 Å². The summed E-state index contributed by atoms with van der Waals surface area (Å²) in [6.45, 7) is 1.67. The standard InChI is InChI=1S/C15H13FN2O3/c1-8-10(3-2-4-12(8)17)14(19)18-13-7-9(15(20)21)5-6-11(13)16/h2-7H,17H2,1H3,(H,18,19)(H,20,21). The quantitative estimate of drug-likeness (QED) is 0.757. The number of amides is 1. The van der Waals surface area contributed by atoms with E-state index in [1.807, 2.05) is 0 Å². The highest BCUT2D eigenvalue weighted by Gasteiger charge is 2.14. The summed E-state index contributed by atoms with van der Waals surface area (Å²) >= 11 is 0. The van der Waals surface area contributed by atoms with Crippen LogP contribution in [-0.4, -0.2) is 17.0 Å². The van der Waals surface area contributed by atoms with Crippen molar-refractivity contribution in [2.24, 2.45) is 0 Å². The summed E-state index contributed by atoms with van der Waals surface area (Å²) in [4.78, 5) is 23.0. The van der Waals surface area contributed by atoms with Crippen LogP contribution in [0.4, 0.5) is 15.8 Å². The van der Waals surface area contributed by atoms with Crippen molar-refractivity contribution < 1.29 is 19.1 Å². The molecule has 108 valence electrons. The predicted octanol–water partition coefficient (Wildman–Crippen LogP) is 2.67. The van der Waals surface area contributed by atoms with Gasteiger partial charge < -0.3 is 16.2 Å². The van der Waals surface area contributed by atoms with Crippen LogP contribution in [0.2, 0.25) is 0 Å². The Hall–Kier alpha value is -2.89. The summed E-state index contributed by atoms with van der Waals surface area (Å²) in [5.41, 5.74) is 6.73. The van der Waals surface area contributed by atoms with Gasteiger partial charge in [0.2, 0.25) is 0 Å². The first kappa shape index (κ1) is 14.5. The molecule has 0 aliphatic heterocycles. The summed E-state index contributed by atoms with van der Waals surface area (Å²) in [6, 6.07) is 8.00. The summed E-state index contributed by atoms with van der Waals surface area (Å²) in [5, 5.41) is 11.2. The average Bonchev–Trinajstić information content (AvgIpc) is 2.43. The molecular formula is C15H13FN2O3. The SMILES string of the molecule is Cc1c(N)cccc1C(=O)Nc1cc(C(=O)O)ccc1F. The van der Waals surface area contributed by atoms with E-state index in [1.54, 1.807) is 25.1 Å². The zero-order chi connectivity index (χ0) is 15.6. The molecule has 21 heavy (non-hydrogen) atoms.